The Hall–Kier alpha value is -6.79. The maximum atomic E-state index is 16.8. The normalized spacial score (nSPS) is 12.7. The maximum absolute atomic E-state index is 16.8. The molecule has 5 aromatic heterocycles. The molecular formula is C45H28FN5. The third-order valence-electron chi connectivity index (χ3n) is 10.4. The van der Waals surface area contributed by atoms with Crippen LogP contribution < -0.4 is 0 Å². The first-order valence-electron chi connectivity index (χ1n) is 17.1. The van der Waals surface area contributed by atoms with Gasteiger partial charge in [-0.2, -0.15) is 0 Å². The number of pyridine rings is 2. The summed E-state index contributed by atoms with van der Waals surface area (Å²) in [5.74, 6) is 0. The summed E-state index contributed by atoms with van der Waals surface area (Å²) in [6.07, 6.45) is 4.26. The first-order valence-corrected chi connectivity index (χ1v) is 17.1. The van der Waals surface area contributed by atoms with E-state index >= 15 is 4.39 Å². The Bertz CT molecular complexity index is 3170. The summed E-state index contributed by atoms with van der Waals surface area (Å²) in [4.78, 5) is 9.55. The molecule has 0 N–H and O–H groups in total. The summed E-state index contributed by atoms with van der Waals surface area (Å²) >= 11 is 0. The van der Waals surface area contributed by atoms with Gasteiger partial charge in [0.05, 0.1) is 22.1 Å². The third kappa shape index (κ3) is 4.01. The van der Waals surface area contributed by atoms with Gasteiger partial charge in [-0.05, 0) is 83.2 Å². The molecule has 0 amide bonds. The van der Waals surface area contributed by atoms with Gasteiger partial charge in [0.25, 0.3) is 0 Å². The zero-order valence-corrected chi connectivity index (χ0v) is 27.3. The Morgan fingerprint density at radius 2 is 1.08 bits per heavy atom. The van der Waals surface area contributed by atoms with E-state index in [9.17, 15) is 0 Å². The van der Waals surface area contributed by atoms with E-state index in [-0.39, 0.29) is 0 Å². The lowest BCUT2D eigenvalue weighted by molar-refractivity contribution is 0.402. The van der Waals surface area contributed by atoms with Crippen LogP contribution in [0.1, 0.15) is 17.3 Å². The van der Waals surface area contributed by atoms with Crippen molar-refractivity contribution in [3.05, 3.63) is 175 Å². The van der Waals surface area contributed by atoms with Crippen molar-refractivity contribution in [2.75, 3.05) is 0 Å². The topological polar surface area (TPSA) is 40.0 Å². The molecule has 0 radical (unpaired) electrons. The molecule has 11 rings (SSSR count). The van der Waals surface area contributed by atoms with Gasteiger partial charge < -0.3 is 4.57 Å². The number of rotatable bonds is 4. The second-order valence-electron chi connectivity index (χ2n) is 13.2. The van der Waals surface area contributed by atoms with Crippen molar-refractivity contribution in [3.63, 3.8) is 0 Å². The Morgan fingerprint density at radius 1 is 0.412 bits per heavy atom. The van der Waals surface area contributed by atoms with Crippen LogP contribution in [0, 0.1) is 0 Å². The molecule has 5 heterocycles. The molecule has 240 valence electrons. The van der Waals surface area contributed by atoms with Gasteiger partial charge in [-0.15, -0.1) is 0 Å². The van der Waals surface area contributed by atoms with Gasteiger partial charge in [0, 0.05) is 62.3 Å². The summed E-state index contributed by atoms with van der Waals surface area (Å²) in [6.45, 7) is 0. The number of alkyl halides is 1. The van der Waals surface area contributed by atoms with E-state index in [0.717, 1.165) is 77.1 Å². The fraction of sp³-hybridized carbons (Fsp3) is 0.0222. The lowest BCUT2D eigenvalue weighted by Gasteiger charge is -2.14. The lowest BCUT2D eigenvalue weighted by atomic mass is 9.98. The minimum atomic E-state index is -1.34. The molecule has 0 saturated heterocycles. The summed E-state index contributed by atoms with van der Waals surface area (Å²) in [5, 5.41) is 7.58. The van der Waals surface area contributed by atoms with Crippen LogP contribution in [-0.4, -0.2) is 23.5 Å². The van der Waals surface area contributed by atoms with Crippen LogP contribution in [0.2, 0.25) is 0 Å². The molecule has 0 saturated carbocycles. The fourth-order valence-electron chi connectivity index (χ4n) is 8.18. The molecule has 0 fully saturated rings. The highest BCUT2D eigenvalue weighted by Gasteiger charge is 2.21. The Morgan fingerprint density at radius 3 is 1.94 bits per heavy atom. The predicted octanol–water partition coefficient (Wildman–Crippen LogP) is 11.3. The van der Waals surface area contributed by atoms with E-state index in [1.165, 1.54) is 5.39 Å². The van der Waals surface area contributed by atoms with E-state index in [0.29, 0.717) is 11.1 Å². The van der Waals surface area contributed by atoms with Crippen LogP contribution >= 0.6 is 0 Å². The molecule has 0 spiro atoms. The lowest BCUT2D eigenvalue weighted by Crippen LogP contribution is -2.00. The molecule has 1 atom stereocenters. The summed E-state index contributed by atoms with van der Waals surface area (Å²) < 4.78 is 23.4. The van der Waals surface area contributed by atoms with Gasteiger partial charge in [-0.25, -0.2) is 14.4 Å². The zero-order chi connectivity index (χ0) is 33.6. The molecule has 0 bridgehead atoms. The largest absolute Gasteiger partial charge is 0.309 e. The number of aromatic nitrogens is 5. The van der Waals surface area contributed by atoms with Gasteiger partial charge in [0.15, 0.2) is 6.17 Å². The summed E-state index contributed by atoms with van der Waals surface area (Å²) in [5.41, 5.74) is 9.20. The Labute approximate surface area is 291 Å². The molecule has 1 unspecified atom stereocenters. The standard InChI is InChI=1S/C45H28FN5/c46-43(29-19-20-32-33-14-4-6-17-39(33)49-23-22-48-44(49)38(32)25-29)28-10-8-13-31(24-28)51-42-26-36-34-15-5-7-18-40(34)50(30-11-2-1-3-12-30)41(36)27-37(42)35-16-9-21-47-45(35)51/h1-27,43H. The van der Waals surface area contributed by atoms with E-state index in [1.54, 1.807) is 6.20 Å². The molecule has 0 aliphatic rings. The molecular weight excluding hydrogens is 630 g/mol. The predicted molar refractivity (Wildman–Crippen MR) is 206 cm³/mol. The van der Waals surface area contributed by atoms with Crippen molar-refractivity contribution in [3.8, 4) is 11.4 Å². The Kier molecular flexibility index (Phi) is 5.84. The molecule has 6 heteroatoms. The molecule has 11 aromatic rings. The van der Waals surface area contributed by atoms with Crippen LogP contribution in [-0.2, 0) is 0 Å². The molecule has 5 nitrogen and oxygen atoms in total. The van der Waals surface area contributed by atoms with Crippen LogP contribution in [0.15, 0.2) is 164 Å². The average Bonchev–Trinajstić information content (AvgIpc) is 3.90. The zero-order valence-electron chi connectivity index (χ0n) is 27.3. The van der Waals surface area contributed by atoms with Crippen molar-refractivity contribution < 1.29 is 4.39 Å². The number of imidazole rings is 1. The highest BCUT2D eigenvalue weighted by atomic mass is 19.1. The number of nitrogens with zero attached hydrogens (tertiary/aromatic N) is 5. The van der Waals surface area contributed by atoms with Gasteiger partial charge in [-0.1, -0.05) is 78.9 Å². The highest BCUT2D eigenvalue weighted by Crippen LogP contribution is 2.40. The molecule has 0 aliphatic heterocycles. The molecule has 51 heavy (non-hydrogen) atoms. The second-order valence-corrected chi connectivity index (χ2v) is 13.2. The van der Waals surface area contributed by atoms with Gasteiger partial charge in [0.2, 0.25) is 0 Å². The van der Waals surface area contributed by atoms with Crippen molar-refractivity contribution in [2.24, 2.45) is 0 Å². The minimum Gasteiger partial charge on any atom is -0.309 e. The van der Waals surface area contributed by atoms with Crippen LogP contribution in [0.5, 0.6) is 0 Å². The van der Waals surface area contributed by atoms with E-state index in [4.69, 9.17) is 4.98 Å². The SMILES string of the molecule is FC(c1cccc(-n2c3cc4c5ccccc5n(-c5ccccc5)c4cc3c3cccnc32)c1)c1ccc2c3ccccc3n3ccnc3c2c1. The van der Waals surface area contributed by atoms with Gasteiger partial charge in [-0.3, -0.25) is 8.97 Å². The highest BCUT2D eigenvalue weighted by molar-refractivity contribution is 6.18. The number of fused-ring (bicyclic) bond motifs is 12. The first-order chi connectivity index (χ1) is 25.2. The van der Waals surface area contributed by atoms with Crippen LogP contribution in [0.4, 0.5) is 4.39 Å². The fourth-order valence-corrected chi connectivity index (χ4v) is 8.18. The van der Waals surface area contributed by atoms with Crippen molar-refractivity contribution in [2.45, 2.75) is 6.17 Å². The molecule has 6 aromatic carbocycles. The summed E-state index contributed by atoms with van der Waals surface area (Å²) in [7, 11) is 0. The number of hydrogen-bond donors (Lipinski definition) is 0. The number of halogens is 1. The first kappa shape index (κ1) is 28.1. The maximum Gasteiger partial charge on any atom is 0.150 e. The Balaban J connectivity index is 1.11. The second kappa shape index (κ2) is 10.6. The monoisotopic (exact) mass is 657 g/mol. The van der Waals surface area contributed by atoms with E-state index in [1.807, 2.05) is 79.1 Å². The van der Waals surface area contributed by atoms with E-state index < -0.39 is 6.17 Å². The van der Waals surface area contributed by atoms with Crippen molar-refractivity contribution in [1.29, 1.82) is 0 Å². The van der Waals surface area contributed by atoms with E-state index in [2.05, 4.69) is 97.4 Å². The van der Waals surface area contributed by atoms with Crippen molar-refractivity contribution >= 4 is 71.1 Å². The third-order valence-corrected chi connectivity index (χ3v) is 10.4. The number of hydrogen-bond acceptors (Lipinski definition) is 2. The number of benzene rings is 6. The average molecular weight is 658 g/mol. The number of para-hydroxylation sites is 3. The van der Waals surface area contributed by atoms with Crippen LogP contribution in [0.3, 0.4) is 0 Å². The quantitative estimate of drug-likeness (QED) is 0.177. The van der Waals surface area contributed by atoms with Crippen molar-refractivity contribution in [1.82, 2.24) is 23.5 Å². The smallest absolute Gasteiger partial charge is 0.150 e. The van der Waals surface area contributed by atoms with Crippen LogP contribution in [0.25, 0.3) is 82.4 Å². The van der Waals surface area contributed by atoms with Gasteiger partial charge >= 0.3 is 0 Å². The molecule has 0 aliphatic carbocycles. The van der Waals surface area contributed by atoms with Gasteiger partial charge in [0.1, 0.15) is 11.3 Å². The summed E-state index contributed by atoms with van der Waals surface area (Å²) in [6, 6.07) is 49.7. The minimum absolute atomic E-state index is 0.583.